The standard InChI is InChI=1S/C17H18Cl2N4O2.C5H10O2/c18-13-7-12(8-14(19)9-13)11-21-15-1-2-16(23(24)25)17(10-15)22-5-3-20-4-6-22;1-5(2,3)7-4-6/h1-2,7-10,20-21H,3-6,11H2;4H,1-3H3. The van der Waals surface area contributed by atoms with Crippen molar-refractivity contribution in [2.45, 2.75) is 32.9 Å². The van der Waals surface area contributed by atoms with Crippen molar-refractivity contribution >= 4 is 46.7 Å². The lowest BCUT2D eigenvalue weighted by Crippen LogP contribution is -2.43. The number of halogens is 2. The normalized spacial score (nSPS) is 13.6. The predicted octanol–water partition coefficient (Wildman–Crippen LogP) is 4.88. The molecule has 2 aromatic rings. The Bertz CT molecular complexity index is 908. The minimum absolute atomic E-state index is 0.123. The fourth-order valence-electron chi connectivity index (χ4n) is 3.01. The number of nitro groups is 1. The molecule has 0 spiro atoms. The number of hydrogen-bond donors (Lipinski definition) is 2. The van der Waals surface area contributed by atoms with Crippen molar-refractivity contribution in [3.63, 3.8) is 0 Å². The molecule has 2 N–H and O–H groups in total. The molecule has 0 aromatic heterocycles. The van der Waals surface area contributed by atoms with Gasteiger partial charge in [0.2, 0.25) is 0 Å². The summed E-state index contributed by atoms with van der Waals surface area (Å²) in [6, 6.07) is 10.4. The zero-order valence-corrected chi connectivity index (χ0v) is 19.9. The van der Waals surface area contributed by atoms with Crippen LogP contribution in [0.1, 0.15) is 26.3 Å². The molecule has 32 heavy (non-hydrogen) atoms. The lowest BCUT2D eigenvalue weighted by atomic mass is 10.2. The Hall–Kier alpha value is -2.55. The highest BCUT2D eigenvalue weighted by Gasteiger charge is 2.21. The van der Waals surface area contributed by atoms with Crippen LogP contribution in [0.5, 0.6) is 0 Å². The van der Waals surface area contributed by atoms with Gasteiger partial charge in [0.1, 0.15) is 11.3 Å². The van der Waals surface area contributed by atoms with Crippen LogP contribution in [0.4, 0.5) is 17.1 Å². The molecular formula is C22H28Cl2N4O4. The number of rotatable bonds is 6. The zero-order chi connectivity index (χ0) is 23.7. The van der Waals surface area contributed by atoms with E-state index in [2.05, 4.69) is 15.4 Å². The van der Waals surface area contributed by atoms with Crippen LogP contribution in [0.3, 0.4) is 0 Å². The summed E-state index contributed by atoms with van der Waals surface area (Å²) in [4.78, 5) is 22.6. The third-order valence-corrected chi connectivity index (χ3v) is 4.89. The molecule has 0 atom stereocenters. The quantitative estimate of drug-likeness (QED) is 0.343. The van der Waals surface area contributed by atoms with Crippen LogP contribution in [-0.2, 0) is 16.1 Å². The van der Waals surface area contributed by atoms with Gasteiger partial charge >= 0.3 is 0 Å². The van der Waals surface area contributed by atoms with Gasteiger partial charge in [-0.15, -0.1) is 0 Å². The molecule has 0 unspecified atom stereocenters. The smallest absolute Gasteiger partial charge is 0.293 e. The van der Waals surface area contributed by atoms with E-state index < -0.39 is 0 Å². The van der Waals surface area contributed by atoms with Gasteiger partial charge in [0, 0.05) is 54.5 Å². The van der Waals surface area contributed by atoms with E-state index in [4.69, 9.17) is 23.2 Å². The number of carbonyl (C=O) groups is 1. The van der Waals surface area contributed by atoms with Crippen molar-refractivity contribution in [1.29, 1.82) is 0 Å². The molecule has 1 aliphatic heterocycles. The van der Waals surface area contributed by atoms with Gasteiger partial charge in [-0.3, -0.25) is 14.9 Å². The van der Waals surface area contributed by atoms with Crippen molar-refractivity contribution in [2.75, 3.05) is 36.4 Å². The fourth-order valence-corrected chi connectivity index (χ4v) is 3.58. The highest BCUT2D eigenvalue weighted by Crippen LogP contribution is 2.32. The molecule has 1 heterocycles. The largest absolute Gasteiger partial charge is 0.462 e. The molecular weight excluding hydrogens is 455 g/mol. The van der Waals surface area contributed by atoms with Crippen LogP contribution in [0.2, 0.25) is 10.0 Å². The predicted molar refractivity (Wildman–Crippen MR) is 129 cm³/mol. The number of ether oxygens (including phenoxy) is 1. The number of nitrogens with one attached hydrogen (secondary N) is 2. The first kappa shape index (κ1) is 25.7. The third kappa shape index (κ3) is 8.53. The van der Waals surface area contributed by atoms with Crippen LogP contribution in [0.15, 0.2) is 36.4 Å². The van der Waals surface area contributed by atoms with Crippen LogP contribution in [0.25, 0.3) is 0 Å². The third-order valence-electron chi connectivity index (χ3n) is 4.45. The number of anilines is 2. The second-order valence-electron chi connectivity index (χ2n) is 8.16. The van der Waals surface area contributed by atoms with Crippen LogP contribution < -0.4 is 15.5 Å². The van der Waals surface area contributed by atoms with E-state index in [1.54, 1.807) is 18.2 Å². The van der Waals surface area contributed by atoms with Crippen LogP contribution in [-0.4, -0.2) is 43.2 Å². The Labute approximate surface area is 198 Å². The molecule has 8 nitrogen and oxygen atoms in total. The van der Waals surface area contributed by atoms with Gasteiger partial charge in [-0.2, -0.15) is 0 Å². The molecule has 0 saturated carbocycles. The second kappa shape index (κ2) is 11.9. The number of hydrogen-bond acceptors (Lipinski definition) is 7. The van der Waals surface area contributed by atoms with Gasteiger partial charge in [-0.1, -0.05) is 23.2 Å². The molecule has 2 aromatic carbocycles. The van der Waals surface area contributed by atoms with Crippen molar-refractivity contribution in [3.05, 3.63) is 62.1 Å². The summed E-state index contributed by atoms with van der Waals surface area (Å²) < 4.78 is 4.55. The lowest BCUT2D eigenvalue weighted by Gasteiger charge is -2.29. The fraction of sp³-hybridized carbons (Fsp3) is 0.409. The van der Waals surface area contributed by atoms with Gasteiger partial charge in [0.15, 0.2) is 0 Å². The molecule has 3 rings (SSSR count). The average Bonchev–Trinajstić information content (AvgIpc) is 2.71. The van der Waals surface area contributed by atoms with Crippen molar-refractivity contribution < 1.29 is 14.5 Å². The Balaban J connectivity index is 0.000000451. The number of nitrogens with zero attached hydrogens (tertiary/aromatic N) is 2. The van der Waals surface area contributed by atoms with Gasteiger partial charge in [0.25, 0.3) is 12.2 Å². The van der Waals surface area contributed by atoms with Gasteiger partial charge in [0.05, 0.1) is 4.92 Å². The lowest BCUT2D eigenvalue weighted by molar-refractivity contribution is -0.384. The first-order valence-corrected chi connectivity index (χ1v) is 10.9. The Morgan fingerprint density at radius 2 is 1.78 bits per heavy atom. The van der Waals surface area contributed by atoms with Crippen molar-refractivity contribution in [1.82, 2.24) is 5.32 Å². The highest BCUT2D eigenvalue weighted by atomic mass is 35.5. The maximum absolute atomic E-state index is 11.3. The number of nitro benzene ring substituents is 1. The summed E-state index contributed by atoms with van der Waals surface area (Å²) in [6.07, 6.45) is 0. The summed E-state index contributed by atoms with van der Waals surface area (Å²) in [5.74, 6) is 0. The minimum Gasteiger partial charge on any atom is -0.462 e. The van der Waals surface area contributed by atoms with Crippen LogP contribution in [0, 0.1) is 10.1 Å². The van der Waals surface area contributed by atoms with E-state index in [9.17, 15) is 14.9 Å². The van der Waals surface area contributed by atoms with E-state index >= 15 is 0 Å². The molecule has 0 amide bonds. The molecule has 1 fully saturated rings. The Morgan fingerprint density at radius 1 is 1.16 bits per heavy atom. The summed E-state index contributed by atoms with van der Waals surface area (Å²) in [5.41, 5.74) is 2.20. The van der Waals surface area contributed by atoms with Gasteiger partial charge in [-0.05, 0) is 56.7 Å². The maximum atomic E-state index is 11.3. The summed E-state index contributed by atoms with van der Waals surface area (Å²) in [7, 11) is 0. The number of benzene rings is 2. The van der Waals surface area contributed by atoms with Crippen molar-refractivity contribution in [3.8, 4) is 0 Å². The molecule has 0 radical (unpaired) electrons. The molecule has 1 aliphatic rings. The van der Waals surface area contributed by atoms with Crippen molar-refractivity contribution in [2.24, 2.45) is 0 Å². The van der Waals surface area contributed by atoms with E-state index in [-0.39, 0.29) is 16.2 Å². The Kier molecular flexibility index (Phi) is 9.56. The van der Waals surface area contributed by atoms with E-state index in [1.165, 1.54) is 0 Å². The molecule has 10 heteroatoms. The van der Waals surface area contributed by atoms with Crippen LogP contribution >= 0.6 is 23.2 Å². The maximum Gasteiger partial charge on any atom is 0.293 e. The SMILES string of the molecule is CC(C)(C)OC=O.O=[N+]([O-])c1ccc(NCc2cc(Cl)cc(Cl)c2)cc1N1CCNCC1. The summed E-state index contributed by atoms with van der Waals surface area (Å²) in [6.45, 7) is 9.57. The van der Waals surface area contributed by atoms with E-state index in [0.29, 0.717) is 28.7 Å². The van der Waals surface area contributed by atoms with Gasteiger partial charge in [-0.25, -0.2) is 0 Å². The Morgan fingerprint density at radius 3 is 2.28 bits per heavy atom. The summed E-state index contributed by atoms with van der Waals surface area (Å²) in [5, 5.41) is 19.0. The monoisotopic (exact) mass is 482 g/mol. The average molecular weight is 483 g/mol. The first-order chi connectivity index (χ1) is 15.1. The molecule has 174 valence electrons. The number of piperazine rings is 1. The second-order valence-corrected chi connectivity index (χ2v) is 9.03. The first-order valence-electron chi connectivity index (χ1n) is 10.1. The van der Waals surface area contributed by atoms with Gasteiger partial charge < -0.3 is 20.3 Å². The molecule has 1 saturated heterocycles. The topological polar surface area (TPSA) is 96.7 Å². The van der Waals surface area contributed by atoms with E-state index in [0.717, 1.165) is 37.4 Å². The zero-order valence-electron chi connectivity index (χ0n) is 18.4. The molecule has 0 aliphatic carbocycles. The number of carbonyl (C=O) groups excluding carboxylic acids is 1. The minimum atomic E-state index is -0.335. The highest BCUT2D eigenvalue weighted by molar-refractivity contribution is 6.34. The molecule has 0 bridgehead atoms. The summed E-state index contributed by atoms with van der Waals surface area (Å²) >= 11 is 12.0. The van der Waals surface area contributed by atoms with E-state index in [1.807, 2.05) is 43.9 Å².